The molecule has 0 aromatic carbocycles. The Morgan fingerprint density at radius 2 is 2.00 bits per heavy atom. The minimum Gasteiger partial charge on any atom is -0.143 e. The molecule has 14 heavy (non-hydrogen) atoms. The second-order valence-corrected chi connectivity index (χ2v) is 5.49. The maximum atomic E-state index is 5.71. The summed E-state index contributed by atoms with van der Waals surface area (Å²) >= 11 is 7.40. The Bertz CT molecular complexity index is 292. The van der Waals surface area contributed by atoms with Crippen LogP contribution in [-0.4, -0.2) is 10.2 Å². The molecule has 0 aliphatic heterocycles. The molecular weight excluding hydrogens is 216 g/mol. The van der Waals surface area contributed by atoms with Crippen molar-refractivity contribution < 1.29 is 0 Å². The Balaban J connectivity index is 2.01. The molecule has 0 unspecified atom stereocenters. The summed E-state index contributed by atoms with van der Waals surface area (Å²) in [6, 6.07) is 0. The molecule has 1 aromatic rings. The van der Waals surface area contributed by atoms with E-state index in [0.717, 1.165) is 10.9 Å². The van der Waals surface area contributed by atoms with Gasteiger partial charge in [-0.15, -0.1) is 21.8 Å². The first-order chi connectivity index (χ1) is 6.79. The predicted molar refractivity (Wildman–Crippen MR) is 59.8 cm³/mol. The third-order valence-corrected chi connectivity index (χ3v) is 4.46. The maximum Gasteiger partial charge on any atom is 0.132 e. The smallest absolute Gasteiger partial charge is 0.132 e. The average molecular weight is 231 g/mol. The number of halogens is 1. The van der Waals surface area contributed by atoms with Crippen LogP contribution in [0.2, 0.25) is 0 Å². The standard InChI is InChI=1S/C10H15ClN2S/c1-7-2-4-8(5-3-7)10-13-12-9(6-11)14-10/h7-8H,2-6H2,1H3. The van der Waals surface area contributed by atoms with Crippen LogP contribution in [-0.2, 0) is 5.88 Å². The largest absolute Gasteiger partial charge is 0.143 e. The van der Waals surface area contributed by atoms with Crippen LogP contribution in [0.4, 0.5) is 0 Å². The van der Waals surface area contributed by atoms with Gasteiger partial charge >= 0.3 is 0 Å². The summed E-state index contributed by atoms with van der Waals surface area (Å²) in [5, 5.41) is 10.4. The van der Waals surface area contributed by atoms with Gasteiger partial charge in [-0.25, -0.2) is 0 Å². The van der Waals surface area contributed by atoms with Crippen LogP contribution in [0, 0.1) is 5.92 Å². The van der Waals surface area contributed by atoms with Gasteiger partial charge in [0.15, 0.2) is 0 Å². The van der Waals surface area contributed by atoms with Gasteiger partial charge in [-0.2, -0.15) is 0 Å². The fraction of sp³-hybridized carbons (Fsp3) is 0.800. The molecule has 0 spiro atoms. The SMILES string of the molecule is CC1CCC(c2nnc(CCl)s2)CC1. The zero-order valence-corrected chi connectivity index (χ0v) is 9.94. The number of nitrogens with zero attached hydrogens (tertiary/aromatic N) is 2. The normalized spacial score (nSPS) is 27.9. The summed E-state index contributed by atoms with van der Waals surface area (Å²) in [6.07, 6.45) is 5.22. The molecule has 1 saturated carbocycles. The molecule has 1 fully saturated rings. The maximum absolute atomic E-state index is 5.71. The molecule has 78 valence electrons. The monoisotopic (exact) mass is 230 g/mol. The lowest BCUT2D eigenvalue weighted by atomic mass is 9.83. The molecule has 0 amide bonds. The van der Waals surface area contributed by atoms with E-state index in [9.17, 15) is 0 Å². The highest BCUT2D eigenvalue weighted by atomic mass is 35.5. The third kappa shape index (κ3) is 2.26. The van der Waals surface area contributed by atoms with Gasteiger partial charge in [0.05, 0.1) is 5.88 Å². The van der Waals surface area contributed by atoms with Crippen molar-refractivity contribution in [2.24, 2.45) is 5.92 Å². The van der Waals surface area contributed by atoms with Gasteiger partial charge < -0.3 is 0 Å². The molecule has 1 heterocycles. The minimum absolute atomic E-state index is 0.501. The van der Waals surface area contributed by atoms with Crippen molar-refractivity contribution in [3.63, 3.8) is 0 Å². The molecule has 0 N–H and O–H groups in total. The van der Waals surface area contributed by atoms with Crippen molar-refractivity contribution in [3.8, 4) is 0 Å². The van der Waals surface area contributed by atoms with Gasteiger partial charge in [0.2, 0.25) is 0 Å². The van der Waals surface area contributed by atoms with Gasteiger partial charge in [-0.1, -0.05) is 31.1 Å². The summed E-state index contributed by atoms with van der Waals surface area (Å²) in [7, 11) is 0. The molecule has 0 radical (unpaired) electrons. The molecule has 2 rings (SSSR count). The molecular formula is C10H15ClN2S. The number of rotatable bonds is 2. The molecule has 1 aliphatic carbocycles. The van der Waals surface area contributed by atoms with Gasteiger partial charge in [0.25, 0.3) is 0 Å². The van der Waals surface area contributed by atoms with E-state index < -0.39 is 0 Å². The van der Waals surface area contributed by atoms with Crippen LogP contribution in [0.3, 0.4) is 0 Å². The Hall–Kier alpha value is -0.150. The van der Waals surface area contributed by atoms with E-state index in [-0.39, 0.29) is 0 Å². The second-order valence-electron chi connectivity index (χ2n) is 4.12. The van der Waals surface area contributed by atoms with E-state index in [1.54, 1.807) is 11.3 Å². The first-order valence-electron chi connectivity index (χ1n) is 5.18. The highest BCUT2D eigenvalue weighted by Gasteiger charge is 2.22. The first kappa shape index (κ1) is 10.4. The van der Waals surface area contributed by atoms with E-state index in [1.165, 1.54) is 30.7 Å². The van der Waals surface area contributed by atoms with Crippen LogP contribution in [0.5, 0.6) is 0 Å². The van der Waals surface area contributed by atoms with Crippen LogP contribution in [0.25, 0.3) is 0 Å². The molecule has 0 bridgehead atoms. The highest BCUT2D eigenvalue weighted by Crippen LogP contribution is 2.36. The predicted octanol–water partition coefficient (Wildman–Crippen LogP) is 3.57. The first-order valence-corrected chi connectivity index (χ1v) is 6.53. The molecule has 0 atom stereocenters. The van der Waals surface area contributed by atoms with E-state index in [4.69, 9.17) is 11.6 Å². The van der Waals surface area contributed by atoms with Crippen molar-refractivity contribution >= 4 is 22.9 Å². The highest BCUT2D eigenvalue weighted by molar-refractivity contribution is 7.11. The summed E-state index contributed by atoms with van der Waals surface area (Å²) in [4.78, 5) is 0. The van der Waals surface area contributed by atoms with E-state index in [2.05, 4.69) is 17.1 Å². The van der Waals surface area contributed by atoms with Gasteiger partial charge in [0, 0.05) is 5.92 Å². The lowest BCUT2D eigenvalue weighted by Gasteiger charge is -2.23. The Labute approximate surface area is 93.7 Å². The zero-order valence-electron chi connectivity index (χ0n) is 8.37. The summed E-state index contributed by atoms with van der Waals surface area (Å²) in [6.45, 7) is 2.33. The molecule has 0 saturated heterocycles. The topological polar surface area (TPSA) is 25.8 Å². The van der Waals surface area contributed by atoms with Crippen LogP contribution in [0.15, 0.2) is 0 Å². The lowest BCUT2D eigenvalue weighted by molar-refractivity contribution is 0.346. The van der Waals surface area contributed by atoms with Crippen molar-refractivity contribution in [2.75, 3.05) is 0 Å². The zero-order chi connectivity index (χ0) is 9.97. The summed E-state index contributed by atoms with van der Waals surface area (Å²) in [5.74, 6) is 2.05. The fourth-order valence-electron chi connectivity index (χ4n) is 1.99. The Morgan fingerprint density at radius 3 is 2.57 bits per heavy atom. The second kappa shape index (κ2) is 4.58. The van der Waals surface area contributed by atoms with Crippen LogP contribution in [0.1, 0.15) is 48.5 Å². The van der Waals surface area contributed by atoms with Gasteiger partial charge in [-0.05, 0) is 18.8 Å². The van der Waals surface area contributed by atoms with Gasteiger partial charge in [-0.3, -0.25) is 0 Å². The lowest BCUT2D eigenvalue weighted by Crippen LogP contribution is -2.10. The van der Waals surface area contributed by atoms with E-state index in [0.29, 0.717) is 11.8 Å². The van der Waals surface area contributed by atoms with E-state index in [1.807, 2.05) is 0 Å². The van der Waals surface area contributed by atoms with Crippen LogP contribution >= 0.6 is 22.9 Å². The number of aromatic nitrogens is 2. The Kier molecular flexibility index (Phi) is 3.39. The molecule has 1 aromatic heterocycles. The van der Waals surface area contributed by atoms with Crippen LogP contribution < -0.4 is 0 Å². The van der Waals surface area contributed by atoms with Crippen molar-refractivity contribution in [3.05, 3.63) is 10.0 Å². The number of alkyl halides is 1. The van der Waals surface area contributed by atoms with Gasteiger partial charge in [0.1, 0.15) is 10.0 Å². The average Bonchev–Trinajstić information content (AvgIpc) is 2.67. The summed E-state index contributed by atoms with van der Waals surface area (Å²) < 4.78 is 0. The van der Waals surface area contributed by atoms with E-state index >= 15 is 0 Å². The molecule has 4 heteroatoms. The van der Waals surface area contributed by atoms with Crippen molar-refractivity contribution in [1.29, 1.82) is 0 Å². The van der Waals surface area contributed by atoms with Crippen molar-refractivity contribution in [2.45, 2.75) is 44.4 Å². The Morgan fingerprint density at radius 1 is 1.29 bits per heavy atom. The van der Waals surface area contributed by atoms with Crippen molar-refractivity contribution in [1.82, 2.24) is 10.2 Å². The summed E-state index contributed by atoms with van der Waals surface area (Å²) in [5.41, 5.74) is 0. The number of hydrogen-bond donors (Lipinski definition) is 0. The molecule has 2 nitrogen and oxygen atoms in total. The quantitative estimate of drug-likeness (QED) is 0.726. The number of hydrogen-bond acceptors (Lipinski definition) is 3. The third-order valence-electron chi connectivity index (χ3n) is 2.96. The molecule has 1 aliphatic rings. The minimum atomic E-state index is 0.501. The fourth-order valence-corrected chi connectivity index (χ4v) is 3.07.